The first-order valence-corrected chi connectivity index (χ1v) is 6.33. The Kier molecular flexibility index (Phi) is 4.43. The van der Waals surface area contributed by atoms with Crippen LogP contribution in [0.5, 0.6) is 0 Å². The maximum atomic E-state index is 12.8. The highest BCUT2D eigenvalue weighted by Crippen LogP contribution is 2.32. The molecule has 5 nitrogen and oxygen atoms in total. The van der Waals surface area contributed by atoms with E-state index in [1.54, 1.807) is 0 Å². The third kappa shape index (κ3) is 3.58. The molecule has 22 heavy (non-hydrogen) atoms. The molecule has 1 aromatic carbocycles. The molecule has 0 atom stereocenters. The summed E-state index contributed by atoms with van der Waals surface area (Å²) in [5.41, 5.74) is -2.37. The van der Waals surface area contributed by atoms with Gasteiger partial charge in [0, 0.05) is 11.2 Å². The molecule has 0 amide bonds. The molecule has 2 rings (SSSR count). The minimum atomic E-state index is -4.93. The summed E-state index contributed by atoms with van der Waals surface area (Å²) in [6.07, 6.45) is -4.36. The summed E-state index contributed by atoms with van der Waals surface area (Å²) in [6.45, 7) is 0. The lowest BCUT2D eigenvalue weighted by Crippen LogP contribution is -2.17. The van der Waals surface area contributed by atoms with Crippen molar-refractivity contribution in [1.82, 2.24) is 9.97 Å². The van der Waals surface area contributed by atoms with Crippen molar-refractivity contribution in [2.24, 2.45) is 0 Å². The Morgan fingerprint density at radius 3 is 2.50 bits per heavy atom. The molecular formula is C12H6Cl2F3N3O2. The van der Waals surface area contributed by atoms with Gasteiger partial charge in [0.1, 0.15) is 5.56 Å². The molecule has 0 aliphatic rings. The molecule has 0 aliphatic carbocycles. The van der Waals surface area contributed by atoms with Crippen molar-refractivity contribution in [3.63, 3.8) is 0 Å². The molecule has 2 aromatic rings. The first-order chi connectivity index (χ1) is 10.2. The summed E-state index contributed by atoms with van der Waals surface area (Å²) in [5, 5.41) is 11.7. The van der Waals surface area contributed by atoms with E-state index < -0.39 is 29.4 Å². The second-order valence-corrected chi connectivity index (χ2v) is 4.85. The normalized spacial score (nSPS) is 11.3. The molecule has 0 fully saturated rings. The highest BCUT2D eigenvalue weighted by Gasteiger charge is 2.38. The molecule has 0 aliphatic heterocycles. The van der Waals surface area contributed by atoms with Crippen LogP contribution >= 0.6 is 23.2 Å². The molecule has 1 heterocycles. The van der Waals surface area contributed by atoms with Crippen molar-refractivity contribution in [1.29, 1.82) is 0 Å². The SMILES string of the molecule is O=C(O)c1cnc(Nc2ccc(Cl)cc2Cl)nc1C(F)(F)F. The fourth-order valence-corrected chi connectivity index (χ4v) is 1.98. The average Bonchev–Trinajstić information content (AvgIpc) is 2.40. The molecule has 0 spiro atoms. The van der Waals surface area contributed by atoms with Crippen LogP contribution in [0.1, 0.15) is 16.1 Å². The Morgan fingerprint density at radius 2 is 1.95 bits per heavy atom. The summed E-state index contributed by atoms with van der Waals surface area (Å²) in [4.78, 5) is 17.5. The first-order valence-electron chi connectivity index (χ1n) is 5.58. The van der Waals surface area contributed by atoms with Gasteiger partial charge in [0.05, 0.1) is 10.7 Å². The van der Waals surface area contributed by atoms with Gasteiger partial charge in [0.2, 0.25) is 5.95 Å². The molecule has 2 N–H and O–H groups in total. The average molecular weight is 352 g/mol. The fourth-order valence-electron chi connectivity index (χ4n) is 1.53. The molecule has 0 bridgehead atoms. The topological polar surface area (TPSA) is 75.1 Å². The van der Waals surface area contributed by atoms with E-state index in [1.807, 2.05) is 0 Å². The van der Waals surface area contributed by atoms with Gasteiger partial charge in [-0.1, -0.05) is 23.2 Å². The Hall–Kier alpha value is -2.06. The molecular weight excluding hydrogens is 346 g/mol. The number of alkyl halides is 3. The standard InChI is InChI=1S/C12H6Cl2F3N3O2/c13-5-1-2-8(7(14)3-5)19-11-18-4-6(10(21)22)9(20-11)12(15,16)17/h1-4H,(H,21,22)(H,18,19,20). The smallest absolute Gasteiger partial charge is 0.434 e. The third-order valence-corrected chi connectivity index (χ3v) is 3.01. The lowest BCUT2D eigenvalue weighted by molar-refractivity contribution is -0.141. The number of carbonyl (C=O) groups is 1. The molecule has 10 heteroatoms. The zero-order chi connectivity index (χ0) is 16.5. The van der Waals surface area contributed by atoms with E-state index in [0.717, 1.165) is 0 Å². The molecule has 0 unspecified atom stereocenters. The Morgan fingerprint density at radius 1 is 1.27 bits per heavy atom. The van der Waals surface area contributed by atoms with Crippen LogP contribution in [0.3, 0.4) is 0 Å². The van der Waals surface area contributed by atoms with E-state index in [-0.39, 0.29) is 10.7 Å². The number of anilines is 2. The van der Waals surface area contributed by atoms with Gasteiger partial charge in [0.25, 0.3) is 0 Å². The van der Waals surface area contributed by atoms with Gasteiger partial charge < -0.3 is 10.4 Å². The maximum absolute atomic E-state index is 12.8. The minimum Gasteiger partial charge on any atom is -0.478 e. The van der Waals surface area contributed by atoms with Gasteiger partial charge in [0.15, 0.2) is 5.69 Å². The van der Waals surface area contributed by atoms with Crippen LogP contribution in [0, 0.1) is 0 Å². The van der Waals surface area contributed by atoms with E-state index >= 15 is 0 Å². The number of nitrogens with zero attached hydrogens (tertiary/aromatic N) is 2. The minimum absolute atomic E-state index is 0.145. The fraction of sp³-hybridized carbons (Fsp3) is 0.0833. The van der Waals surface area contributed by atoms with Gasteiger partial charge >= 0.3 is 12.1 Å². The molecule has 0 saturated heterocycles. The van der Waals surface area contributed by atoms with E-state index in [0.29, 0.717) is 11.2 Å². The van der Waals surface area contributed by atoms with E-state index in [1.165, 1.54) is 18.2 Å². The quantitative estimate of drug-likeness (QED) is 0.864. The molecule has 0 saturated carbocycles. The van der Waals surface area contributed by atoms with Gasteiger partial charge in [-0.25, -0.2) is 14.8 Å². The largest absolute Gasteiger partial charge is 0.478 e. The van der Waals surface area contributed by atoms with Crippen LogP contribution in [0.15, 0.2) is 24.4 Å². The lowest BCUT2D eigenvalue weighted by Gasteiger charge is -2.12. The summed E-state index contributed by atoms with van der Waals surface area (Å²) in [7, 11) is 0. The number of hydrogen-bond donors (Lipinski definition) is 2. The zero-order valence-corrected chi connectivity index (χ0v) is 12.0. The Labute approximate surface area is 131 Å². The molecule has 116 valence electrons. The lowest BCUT2D eigenvalue weighted by atomic mass is 10.2. The Bertz CT molecular complexity index is 738. The van der Waals surface area contributed by atoms with Crippen molar-refractivity contribution in [3.8, 4) is 0 Å². The number of carboxylic acids is 1. The predicted molar refractivity (Wildman–Crippen MR) is 73.7 cm³/mol. The van der Waals surface area contributed by atoms with Crippen molar-refractivity contribution in [2.75, 3.05) is 5.32 Å². The predicted octanol–water partition coefficient (Wildman–Crippen LogP) is 4.24. The first kappa shape index (κ1) is 16.3. The van der Waals surface area contributed by atoms with Gasteiger partial charge in [-0.3, -0.25) is 0 Å². The number of carboxylic acid groups (broad SMARTS) is 1. The summed E-state index contributed by atoms with van der Waals surface area (Å²) >= 11 is 11.6. The number of rotatable bonds is 3. The van der Waals surface area contributed by atoms with Gasteiger partial charge in [-0.15, -0.1) is 0 Å². The number of halogens is 5. The van der Waals surface area contributed by atoms with Crippen molar-refractivity contribution in [3.05, 3.63) is 45.7 Å². The van der Waals surface area contributed by atoms with E-state index in [9.17, 15) is 18.0 Å². The van der Waals surface area contributed by atoms with Gasteiger partial charge in [-0.2, -0.15) is 13.2 Å². The monoisotopic (exact) mass is 351 g/mol. The van der Waals surface area contributed by atoms with Crippen molar-refractivity contribution >= 4 is 40.8 Å². The number of aromatic nitrogens is 2. The van der Waals surface area contributed by atoms with Crippen LogP contribution in [-0.2, 0) is 6.18 Å². The van der Waals surface area contributed by atoms with E-state index in [4.69, 9.17) is 28.3 Å². The number of benzene rings is 1. The van der Waals surface area contributed by atoms with Crippen molar-refractivity contribution in [2.45, 2.75) is 6.18 Å². The second kappa shape index (κ2) is 5.98. The van der Waals surface area contributed by atoms with Crippen LogP contribution in [0.4, 0.5) is 24.8 Å². The highest BCUT2D eigenvalue weighted by molar-refractivity contribution is 6.36. The summed E-state index contributed by atoms with van der Waals surface area (Å²) < 4.78 is 38.5. The zero-order valence-electron chi connectivity index (χ0n) is 10.4. The van der Waals surface area contributed by atoms with Crippen LogP contribution in [0.2, 0.25) is 10.0 Å². The summed E-state index contributed by atoms with van der Waals surface area (Å²) in [5.74, 6) is -2.22. The van der Waals surface area contributed by atoms with Gasteiger partial charge in [-0.05, 0) is 18.2 Å². The second-order valence-electron chi connectivity index (χ2n) is 4.01. The Balaban J connectivity index is 2.43. The number of hydrogen-bond acceptors (Lipinski definition) is 4. The van der Waals surface area contributed by atoms with E-state index in [2.05, 4.69) is 15.3 Å². The number of aromatic carboxylic acids is 1. The maximum Gasteiger partial charge on any atom is 0.434 e. The van der Waals surface area contributed by atoms with Crippen LogP contribution in [-0.4, -0.2) is 21.0 Å². The van der Waals surface area contributed by atoms with Crippen LogP contribution < -0.4 is 5.32 Å². The highest BCUT2D eigenvalue weighted by atomic mass is 35.5. The molecule has 0 radical (unpaired) electrons. The molecule has 1 aromatic heterocycles. The number of nitrogens with one attached hydrogen (secondary N) is 1. The van der Waals surface area contributed by atoms with Crippen molar-refractivity contribution < 1.29 is 23.1 Å². The van der Waals surface area contributed by atoms with Crippen LogP contribution in [0.25, 0.3) is 0 Å². The summed E-state index contributed by atoms with van der Waals surface area (Å²) in [6, 6.07) is 4.26. The third-order valence-electron chi connectivity index (χ3n) is 2.47.